The number of nitrogens with zero attached hydrogens (tertiary/aromatic N) is 1. The van der Waals surface area contributed by atoms with Crippen LogP contribution in [0.2, 0.25) is 0 Å². The van der Waals surface area contributed by atoms with E-state index in [-0.39, 0.29) is 4.90 Å². The second-order valence-electron chi connectivity index (χ2n) is 7.50. The summed E-state index contributed by atoms with van der Waals surface area (Å²) in [5, 5.41) is 0. The number of hydrogen-bond donors (Lipinski definition) is 1. The predicted octanol–water partition coefficient (Wildman–Crippen LogP) is 4.17. The molecule has 0 bridgehead atoms. The summed E-state index contributed by atoms with van der Waals surface area (Å²) in [6.45, 7) is 2.26. The number of ether oxygens (including phenoxy) is 1. The third-order valence-corrected chi connectivity index (χ3v) is 7.31. The number of rotatable bonds is 6. The van der Waals surface area contributed by atoms with E-state index in [2.05, 4.69) is 0 Å². The van der Waals surface area contributed by atoms with Crippen LogP contribution in [0.15, 0.2) is 89.8 Å². The normalized spacial score (nSPS) is 22.3. The molecule has 0 radical (unpaired) electrons. The van der Waals surface area contributed by atoms with Crippen LogP contribution >= 0.6 is 0 Å². The van der Waals surface area contributed by atoms with Crippen molar-refractivity contribution in [3.05, 3.63) is 102 Å². The van der Waals surface area contributed by atoms with Gasteiger partial charge in [0, 0.05) is 6.42 Å². The fraction of sp³-hybridized carbons (Fsp3) is 0.250. The molecule has 1 heterocycles. The summed E-state index contributed by atoms with van der Waals surface area (Å²) < 4.78 is 35.5. The molecule has 0 saturated carbocycles. The largest absolute Gasteiger partial charge is 0.352 e. The van der Waals surface area contributed by atoms with Crippen molar-refractivity contribution in [3.8, 4) is 0 Å². The van der Waals surface area contributed by atoms with Gasteiger partial charge in [0.1, 0.15) is 12.3 Å². The predicted molar refractivity (Wildman–Crippen MR) is 117 cm³/mol. The molecule has 0 amide bonds. The van der Waals surface area contributed by atoms with Gasteiger partial charge in [0.25, 0.3) is 0 Å². The Balaban J connectivity index is 1.86. The molecule has 30 heavy (non-hydrogen) atoms. The molecule has 1 fully saturated rings. The first kappa shape index (κ1) is 20.8. The first-order chi connectivity index (χ1) is 14.5. The lowest BCUT2D eigenvalue weighted by Gasteiger charge is -2.28. The minimum atomic E-state index is -3.81. The summed E-state index contributed by atoms with van der Waals surface area (Å²) in [4.78, 5) is 0.258. The van der Waals surface area contributed by atoms with Crippen LogP contribution in [0, 0.1) is 6.92 Å². The Morgan fingerprint density at radius 1 is 0.867 bits per heavy atom. The van der Waals surface area contributed by atoms with Crippen molar-refractivity contribution >= 4 is 10.0 Å². The Hall–Kier alpha value is -2.51. The molecule has 0 spiro atoms. The van der Waals surface area contributed by atoms with Crippen LogP contribution in [0.25, 0.3) is 0 Å². The van der Waals surface area contributed by atoms with Crippen molar-refractivity contribution in [1.29, 1.82) is 0 Å². The minimum absolute atomic E-state index is 0.258. The summed E-state index contributed by atoms with van der Waals surface area (Å²) in [5.74, 6) is 0. The Bertz CT molecular complexity index is 1070. The number of aryl methyl sites for hydroxylation is 1. The molecule has 2 N–H and O–H groups in total. The summed E-state index contributed by atoms with van der Waals surface area (Å²) in [6.07, 6.45) is -0.653. The summed E-state index contributed by atoms with van der Waals surface area (Å²) in [6, 6.07) is 25.9. The van der Waals surface area contributed by atoms with E-state index in [9.17, 15) is 8.42 Å². The van der Waals surface area contributed by atoms with Gasteiger partial charge >= 0.3 is 0 Å². The lowest BCUT2D eigenvalue weighted by Crippen LogP contribution is -2.39. The van der Waals surface area contributed by atoms with E-state index in [0.29, 0.717) is 13.0 Å². The summed E-state index contributed by atoms with van der Waals surface area (Å²) >= 11 is 0. The Kier molecular flexibility index (Phi) is 6.01. The van der Waals surface area contributed by atoms with Gasteiger partial charge in [-0.15, -0.1) is 0 Å². The Morgan fingerprint density at radius 3 is 2.00 bits per heavy atom. The van der Waals surface area contributed by atoms with Crippen LogP contribution in [0.4, 0.5) is 0 Å². The fourth-order valence-corrected chi connectivity index (χ4v) is 5.69. The van der Waals surface area contributed by atoms with Crippen LogP contribution in [-0.2, 0) is 14.8 Å². The van der Waals surface area contributed by atoms with Gasteiger partial charge in [-0.25, -0.2) is 8.42 Å². The van der Waals surface area contributed by atoms with Gasteiger partial charge in [-0.2, -0.15) is 4.31 Å². The lowest BCUT2D eigenvalue weighted by molar-refractivity contribution is 0.0168. The van der Waals surface area contributed by atoms with E-state index >= 15 is 0 Å². The van der Waals surface area contributed by atoms with E-state index in [0.717, 1.165) is 16.7 Å². The van der Waals surface area contributed by atoms with Crippen molar-refractivity contribution in [1.82, 2.24) is 4.31 Å². The molecule has 156 valence electrons. The number of hydrogen-bond acceptors (Lipinski definition) is 4. The molecule has 5 nitrogen and oxygen atoms in total. The van der Waals surface area contributed by atoms with Crippen LogP contribution in [0.3, 0.4) is 0 Å². The molecule has 0 aliphatic carbocycles. The lowest BCUT2D eigenvalue weighted by atomic mass is 9.96. The van der Waals surface area contributed by atoms with E-state index < -0.39 is 28.4 Å². The Morgan fingerprint density at radius 2 is 1.43 bits per heavy atom. The molecule has 4 rings (SSSR count). The monoisotopic (exact) mass is 422 g/mol. The highest BCUT2D eigenvalue weighted by Crippen LogP contribution is 2.48. The van der Waals surface area contributed by atoms with E-state index in [1.165, 1.54) is 4.31 Å². The van der Waals surface area contributed by atoms with Gasteiger partial charge in [-0.1, -0.05) is 78.4 Å². The zero-order valence-electron chi connectivity index (χ0n) is 16.9. The highest BCUT2D eigenvalue weighted by Gasteiger charge is 2.49. The molecule has 1 aliphatic rings. The molecule has 0 unspecified atom stereocenters. The molecule has 3 aromatic rings. The minimum Gasteiger partial charge on any atom is -0.352 e. The maximum absolute atomic E-state index is 13.8. The first-order valence-electron chi connectivity index (χ1n) is 10.1. The Labute approximate surface area is 178 Å². The van der Waals surface area contributed by atoms with Crippen molar-refractivity contribution in [2.75, 3.05) is 6.54 Å². The second kappa shape index (κ2) is 8.70. The molecular formula is C24H26N2O3S. The third kappa shape index (κ3) is 3.91. The quantitative estimate of drug-likeness (QED) is 0.647. The third-order valence-electron chi connectivity index (χ3n) is 5.43. The smallest absolute Gasteiger partial charge is 0.245 e. The number of sulfonamides is 1. The number of nitrogens with two attached hydrogens (primary N) is 1. The molecular weight excluding hydrogens is 396 g/mol. The fourth-order valence-electron chi connectivity index (χ4n) is 3.97. The van der Waals surface area contributed by atoms with E-state index in [1.807, 2.05) is 79.7 Å². The van der Waals surface area contributed by atoms with Crippen LogP contribution < -0.4 is 5.73 Å². The van der Waals surface area contributed by atoms with Crippen LogP contribution in [0.5, 0.6) is 0 Å². The second-order valence-corrected chi connectivity index (χ2v) is 9.35. The van der Waals surface area contributed by atoms with Crippen LogP contribution in [-0.4, -0.2) is 25.5 Å². The van der Waals surface area contributed by atoms with Gasteiger partial charge in [0.05, 0.1) is 10.9 Å². The van der Waals surface area contributed by atoms with Gasteiger partial charge in [-0.3, -0.25) is 0 Å². The van der Waals surface area contributed by atoms with Gasteiger partial charge in [0.15, 0.2) is 0 Å². The average molecular weight is 423 g/mol. The van der Waals surface area contributed by atoms with Gasteiger partial charge in [-0.05, 0) is 36.7 Å². The van der Waals surface area contributed by atoms with Crippen molar-refractivity contribution < 1.29 is 13.2 Å². The number of benzene rings is 3. The molecule has 6 heteroatoms. The first-order valence-corrected chi connectivity index (χ1v) is 11.5. The van der Waals surface area contributed by atoms with Crippen LogP contribution in [0.1, 0.15) is 35.3 Å². The topological polar surface area (TPSA) is 72.6 Å². The highest BCUT2D eigenvalue weighted by molar-refractivity contribution is 7.89. The molecule has 3 atom stereocenters. The standard InChI is InChI=1S/C24H26N2O3S/c1-18-12-14-21(15-13-18)30(27,28)26-22(16-17-25)29-24(20-10-6-3-7-11-20)23(26)19-8-4-2-5-9-19/h2-15,22-24H,16-17,25H2,1H3/t22-,23-,24+/m0/s1. The molecule has 3 aromatic carbocycles. The average Bonchev–Trinajstić information content (AvgIpc) is 3.16. The molecule has 1 saturated heterocycles. The zero-order chi connectivity index (χ0) is 21.1. The highest BCUT2D eigenvalue weighted by atomic mass is 32.2. The molecule has 1 aliphatic heterocycles. The summed E-state index contributed by atoms with van der Waals surface area (Å²) in [5.41, 5.74) is 8.68. The van der Waals surface area contributed by atoms with Crippen molar-refractivity contribution in [3.63, 3.8) is 0 Å². The van der Waals surface area contributed by atoms with Crippen molar-refractivity contribution in [2.24, 2.45) is 5.73 Å². The van der Waals surface area contributed by atoms with Crippen molar-refractivity contribution in [2.45, 2.75) is 36.6 Å². The van der Waals surface area contributed by atoms with Gasteiger partial charge < -0.3 is 10.5 Å². The van der Waals surface area contributed by atoms with Gasteiger partial charge in [0.2, 0.25) is 10.0 Å². The maximum atomic E-state index is 13.8. The zero-order valence-corrected chi connectivity index (χ0v) is 17.7. The van der Waals surface area contributed by atoms with E-state index in [1.54, 1.807) is 12.1 Å². The SMILES string of the molecule is Cc1ccc(S(=O)(=O)N2[C@H](CCN)O[C@H](c3ccccc3)[C@@H]2c2ccccc2)cc1. The summed E-state index contributed by atoms with van der Waals surface area (Å²) in [7, 11) is -3.81. The maximum Gasteiger partial charge on any atom is 0.245 e. The van der Waals surface area contributed by atoms with E-state index in [4.69, 9.17) is 10.5 Å². The molecule has 0 aromatic heterocycles.